The monoisotopic (exact) mass is 222 g/mol. The Morgan fingerprint density at radius 2 is 2.25 bits per heavy atom. The fourth-order valence-electron chi connectivity index (χ4n) is 2.07. The number of nitrogens with one attached hydrogen (secondary N) is 2. The van der Waals surface area contributed by atoms with Crippen LogP contribution in [0.2, 0.25) is 0 Å². The van der Waals surface area contributed by atoms with Gasteiger partial charge in [0.05, 0.1) is 0 Å². The Morgan fingerprint density at radius 1 is 1.38 bits per heavy atom. The molecule has 0 saturated heterocycles. The molecule has 2 N–H and O–H groups in total. The van der Waals surface area contributed by atoms with E-state index >= 15 is 0 Å². The molecule has 1 fully saturated rings. The molecule has 90 valence electrons. The molecule has 1 saturated carbocycles. The van der Waals surface area contributed by atoms with Crippen molar-refractivity contribution in [1.29, 1.82) is 0 Å². The minimum atomic E-state index is 0.204. The second-order valence-electron chi connectivity index (χ2n) is 4.85. The lowest BCUT2D eigenvalue weighted by Crippen LogP contribution is -2.29. The molecule has 0 spiro atoms. The Labute approximate surface area is 97.7 Å². The number of amides is 1. The van der Waals surface area contributed by atoms with Crippen LogP contribution in [0.15, 0.2) is 11.6 Å². The number of allylic oxidation sites excluding steroid dienone is 1. The maximum atomic E-state index is 11.4. The third kappa shape index (κ3) is 4.35. The van der Waals surface area contributed by atoms with Crippen LogP contribution in [0.1, 0.15) is 44.9 Å². The quantitative estimate of drug-likeness (QED) is 0.509. The first kappa shape index (κ1) is 11.6. The Kier molecular flexibility index (Phi) is 4.40. The van der Waals surface area contributed by atoms with Gasteiger partial charge in [-0.15, -0.1) is 0 Å². The number of hydrogen-bond donors (Lipinski definition) is 2. The van der Waals surface area contributed by atoms with Crippen molar-refractivity contribution in [3.05, 3.63) is 11.6 Å². The molecule has 0 aliphatic heterocycles. The molecule has 0 heterocycles. The van der Waals surface area contributed by atoms with Crippen LogP contribution in [0, 0.1) is 0 Å². The fourth-order valence-corrected chi connectivity index (χ4v) is 2.07. The van der Waals surface area contributed by atoms with Gasteiger partial charge in [0.25, 0.3) is 0 Å². The molecule has 3 nitrogen and oxygen atoms in total. The Balaban J connectivity index is 1.43. The molecule has 1 amide bonds. The first-order valence-corrected chi connectivity index (χ1v) is 6.52. The van der Waals surface area contributed by atoms with Gasteiger partial charge < -0.3 is 10.6 Å². The molecule has 2 rings (SSSR count). The van der Waals surface area contributed by atoms with Crippen molar-refractivity contribution in [2.24, 2.45) is 0 Å². The highest BCUT2D eigenvalue weighted by Gasteiger charge is 2.22. The second-order valence-corrected chi connectivity index (χ2v) is 4.85. The topological polar surface area (TPSA) is 41.1 Å². The van der Waals surface area contributed by atoms with Crippen LogP contribution in [0.4, 0.5) is 0 Å². The van der Waals surface area contributed by atoms with Crippen molar-refractivity contribution in [2.75, 3.05) is 13.1 Å². The number of hydrogen-bond acceptors (Lipinski definition) is 2. The highest BCUT2D eigenvalue weighted by molar-refractivity contribution is 5.76. The van der Waals surface area contributed by atoms with Crippen LogP contribution in [0.5, 0.6) is 0 Å². The summed E-state index contributed by atoms with van der Waals surface area (Å²) in [4.78, 5) is 11.4. The smallest absolute Gasteiger partial charge is 0.221 e. The molecule has 0 unspecified atom stereocenters. The van der Waals surface area contributed by atoms with Gasteiger partial charge in [0.2, 0.25) is 5.91 Å². The summed E-state index contributed by atoms with van der Waals surface area (Å²) in [7, 11) is 0. The summed E-state index contributed by atoms with van der Waals surface area (Å²) in [6.45, 7) is 1.83. The third-order valence-electron chi connectivity index (χ3n) is 3.23. The lowest BCUT2D eigenvalue weighted by molar-refractivity contribution is -0.121. The maximum absolute atomic E-state index is 11.4. The predicted octanol–water partition coefficient (Wildman–Crippen LogP) is 1.75. The number of rotatable bonds is 7. The molecule has 16 heavy (non-hydrogen) atoms. The van der Waals surface area contributed by atoms with Crippen molar-refractivity contribution < 1.29 is 4.79 Å². The predicted molar refractivity (Wildman–Crippen MR) is 65.2 cm³/mol. The summed E-state index contributed by atoms with van der Waals surface area (Å²) in [5.74, 6) is 0.204. The average molecular weight is 222 g/mol. The highest BCUT2D eigenvalue weighted by Crippen LogP contribution is 2.19. The van der Waals surface area contributed by atoms with Crippen molar-refractivity contribution in [2.45, 2.75) is 51.0 Å². The van der Waals surface area contributed by atoms with E-state index in [1.807, 2.05) is 0 Å². The molecular weight excluding hydrogens is 200 g/mol. The zero-order valence-corrected chi connectivity index (χ0v) is 9.93. The summed E-state index contributed by atoms with van der Waals surface area (Å²) in [6, 6.07) is 0.496. The van der Waals surface area contributed by atoms with Gasteiger partial charge in [-0.1, -0.05) is 11.6 Å². The van der Waals surface area contributed by atoms with Crippen molar-refractivity contribution in [3.8, 4) is 0 Å². The van der Waals surface area contributed by atoms with Crippen molar-refractivity contribution in [3.63, 3.8) is 0 Å². The van der Waals surface area contributed by atoms with E-state index in [9.17, 15) is 4.79 Å². The first-order valence-electron chi connectivity index (χ1n) is 6.52. The lowest BCUT2D eigenvalue weighted by atomic mass is 10.2. The van der Waals surface area contributed by atoms with Crippen LogP contribution < -0.4 is 10.6 Å². The van der Waals surface area contributed by atoms with Crippen LogP contribution in [-0.2, 0) is 4.79 Å². The van der Waals surface area contributed by atoms with Gasteiger partial charge in [-0.2, -0.15) is 0 Å². The summed E-state index contributed by atoms with van der Waals surface area (Å²) in [6.07, 6.45) is 10.4. The van der Waals surface area contributed by atoms with E-state index in [0.29, 0.717) is 12.5 Å². The summed E-state index contributed by atoms with van der Waals surface area (Å²) in [5, 5.41) is 6.33. The second kappa shape index (κ2) is 6.04. The van der Waals surface area contributed by atoms with Crippen LogP contribution in [0.25, 0.3) is 0 Å². The summed E-state index contributed by atoms with van der Waals surface area (Å²) in [5.41, 5.74) is 1.59. The zero-order valence-electron chi connectivity index (χ0n) is 9.93. The Morgan fingerprint density at radius 3 is 2.94 bits per heavy atom. The summed E-state index contributed by atoms with van der Waals surface area (Å²) >= 11 is 0. The minimum Gasteiger partial charge on any atom is -0.353 e. The van der Waals surface area contributed by atoms with Crippen LogP contribution in [0.3, 0.4) is 0 Å². The average Bonchev–Trinajstić information content (AvgIpc) is 2.93. The van der Waals surface area contributed by atoms with Gasteiger partial charge >= 0.3 is 0 Å². The van der Waals surface area contributed by atoms with Gasteiger partial charge in [-0.05, 0) is 45.1 Å². The Bertz CT molecular complexity index is 269. The van der Waals surface area contributed by atoms with Crippen LogP contribution >= 0.6 is 0 Å². The van der Waals surface area contributed by atoms with Crippen LogP contribution in [-0.4, -0.2) is 25.0 Å². The van der Waals surface area contributed by atoms with Gasteiger partial charge in [0, 0.05) is 19.0 Å². The SMILES string of the molecule is O=C(CCNCCC1=CCCC1)NC1CC1. The molecular formula is C13H22N2O. The minimum absolute atomic E-state index is 0.204. The maximum Gasteiger partial charge on any atom is 0.221 e. The first-order chi connectivity index (χ1) is 7.84. The molecule has 2 aliphatic carbocycles. The molecule has 0 aromatic rings. The number of carbonyl (C=O) groups excluding carboxylic acids is 1. The zero-order chi connectivity index (χ0) is 11.2. The molecule has 0 aromatic heterocycles. The number of carbonyl (C=O) groups is 1. The van der Waals surface area contributed by atoms with E-state index in [1.54, 1.807) is 5.57 Å². The van der Waals surface area contributed by atoms with E-state index in [1.165, 1.54) is 32.1 Å². The normalized spacial score (nSPS) is 19.6. The van der Waals surface area contributed by atoms with Crippen molar-refractivity contribution >= 4 is 5.91 Å². The van der Waals surface area contributed by atoms with E-state index in [-0.39, 0.29) is 5.91 Å². The summed E-state index contributed by atoms with van der Waals surface area (Å²) < 4.78 is 0. The van der Waals surface area contributed by atoms with Gasteiger partial charge in [0.15, 0.2) is 0 Å². The van der Waals surface area contributed by atoms with Gasteiger partial charge in [0.1, 0.15) is 0 Å². The standard InChI is InChI=1S/C13H22N2O/c16-13(15-12-5-6-12)8-10-14-9-7-11-3-1-2-4-11/h3,12,14H,1-2,4-10H2,(H,15,16). The molecule has 0 aromatic carbocycles. The van der Waals surface area contributed by atoms with Crippen molar-refractivity contribution in [1.82, 2.24) is 10.6 Å². The molecule has 0 bridgehead atoms. The van der Waals surface area contributed by atoms with Gasteiger partial charge in [-0.3, -0.25) is 4.79 Å². The Hall–Kier alpha value is -0.830. The van der Waals surface area contributed by atoms with E-state index in [2.05, 4.69) is 16.7 Å². The van der Waals surface area contributed by atoms with Gasteiger partial charge in [-0.25, -0.2) is 0 Å². The lowest BCUT2D eigenvalue weighted by Gasteiger charge is -2.06. The molecule has 0 atom stereocenters. The molecule has 3 heteroatoms. The van der Waals surface area contributed by atoms with E-state index in [0.717, 1.165) is 19.5 Å². The largest absolute Gasteiger partial charge is 0.353 e. The fraction of sp³-hybridized carbons (Fsp3) is 0.769. The molecule has 2 aliphatic rings. The highest BCUT2D eigenvalue weighted by atomic mass is 16.1. The third-order valence-corrected chi connectivity index (χ3v) is 3.23. The van der Waals surface area contributed by atoms with E-state index in [4.69, 9.17) is 0 Å². The molecule has 0 radical (unpaired) electrons. The van der Waals surface area contributed by atoms with E-state index < -0.39 is 0 Å².